The summed E-state index contributed by atoms with van der Waals surface area (Å²) in [7, 11) is 0. The van der Waals surface area contributed by atoms with Crippen molar-refractivity contribution in [1.29, 1.82) is 0 Å². The van der Waals surface area contributed by atoms with Crippen LogP contribution < -0.4 is 0 Å². The SMILES string of the molecule is CC/C=C\C/C=C\C/C=C\C/C=C\C/C=C\C/C=C\CCC(=O)N1C(=O)O[C@H](c2ccccc2)[C@@H]1C.CC/C=C\C/C=C\C/C=C\C/C=C\C/C=C\C/C=C\C[C@@H](CC)C(=O)N1C(=O)O[C@H](c2ccccc2)[C@@H]1C.CC/C=C\C/C=C\C/C=C\C/C=C\C/C=C\C/C=C\C[C@@H](CC)C(=O)OCC. The van der Waals surface area contributed by atoms with Gasteiger partial charge in [-0.3, -0.25) is 14.4 Å². The zero-order chi connectivity index (χ0) is 74.0. The maximum Gasteiger partial charge on any atom is 0.417 e. The number of amides is 4. The van der Waals surface area contributed by atoms with Crippen LogP contribution in [0.1, 0.15) is 233 Å². The molecule has 0 N–H and O–H groups in total. The van der Waals surface area contributed by atoms with Gasteiger partial charge in [-0.05, 0) is 180 Å². The first-order chi connectivity index (χ1) is 50.0. The summed E-state index contributed by atoms with van der Waals surface area (Å²) >= 11 is 0. The average molecular weight is 1390 g/mol. The number of benzene rings is 2. The molecule has 2 heterocycles. The van der Waals surface area contributed by atoms with Crippen LogP contribution in [0.25, 0.3) is 0 Å². The maximum absolute atomic E-state index is 13.1. The van der Waals surface area contributed by atoms with Gasteiger partial charge < -0.3 is 14.2 Å². The molecule has 10 heteroatoms. The van der Waals surface area contributed by atoms with Crippen LogP contribution in [0, 0.1) is 11.8 Å². The van der Waals surface area contributed by atoms with Crippen LogP contribution in [0.2, 0.25) is 0 Å². The van der Waals surface area contributed by atoms with Crippen molar-refractivity contribution in [3.63, 3.8) is 0 Å². The molecule has 0 bridgehead atoms. The Labute approximate surface area is 617 Å². The Hall–Kier alpha value is -8.89. The molecule has 0 aromatic heterocycles. The minimum atomic E-state index is -0.552. The molecule has 2 fully saturated rings. The van der Waals surface area contributed by atoms with Crippen molar-refractivity contribution in [1.82, 2.24) is 9.80 Å². The molecular formula is C92H126N2O8. The van der Waals surface area contributed by atoms with E-state index in [0.29, 0.717) is 32.3 Å². The number of carbonyl (C=O) groups excluding carboxylic acids is 5. The van der Waals surface area contributed by atoms with E-state index in [2.05, 4.69) is 227 Å². The number of ether oxygens (including phenoxy) is 3. The minimum Gasteiger partial charge on any atom is -0.466 e. The molecule has 0 aliphatic carbocycles. The summed E-state index contributed by atoms with van der Waals surface area (Å²) < 4.78 is 16.1. The van der Waals surface area contributed by atoms with Crippen molar-refractivity contribution in [3.05, 3.63) is 291 Å². The lowest BCUT2D eigenvalue weighted by Gasteiger charge is -2.23. The van der Waals surface area contributed by atoms with Gasteiger partial charge in [-0.15, -0.1) is 0 Å². The van der Waals surface area contributed by atoms with Crippen LogP contribution in [-0.4, -0.2) is 58.5 Å². The Balaban J connectivity index is 0.000000527. The molecule has 10 nitrogen and oxygen atoms in total. The molecular weight excluding hydrogens is 1260 g/mol. The second kappa shape index (κ2) is 63.1. The van der Waals surface area contributed by atoms with Crippen molar-refractivity contribution in [2.24, 2.45) is 11.8 Å². The highest BCUT2D eigenvalue weighted by atomic mass is 16.6. The second-order valence-corrected chi connectivity index (χ2v) is 24.6. The third kappa shape index (κ3) is 43.0. The summed E-state index contributed by atoms with van der Waals surface area (Å²) in [6.07, 6.45) is 97.6. The summed E-state index contributed by atoms with van der Waals surface area (Å²) in [6.45, 7) is 16.5. The first kappa shape index (κ1) is 89.2. The Morgan fingerprint density at radius 1 is 0.363 bits per heavy atom. The number of esters is 1. The van der Waals surface area contributed by atoms with Crippen LogP contribution in [0.15, 0.2) is 279 Å². The highest BCUT2D eigenvalue weighted by Gasteiger charge is 2.45. The molecule has 0 spiro atoms. The summed E-state index contributed by atoms with van der Waals surface area (Å²) in [5, 5.41) is 0. The number of carbonyl (C=O) groups is 5. The van der Waals surface area contributed by atoms with Gasteiger partial charge in [-0.2, -0.15) is 0 Å². The molecule has 552 valence electrons. The van der Waals surface area contributed by atoms with E-state index in [1.165, 1.54) is 9.80 Å². The predicted octanol–water partition coefficient (Wildman–Crippen LogP) is 25.4. The fraction of sp³-hybridized carbons (Fsp3) is 0.424. The molecule has 4 rings (SSSR count). The van der Waals surface area contributed by atoms with E-state index in [-0.39, 0.29) is 41.7 Å². The van der Waals surface area contributed by atoms with Crippen LogP contribution in [-0.2, 0) is 28.6 Å². The predicted molar refractivity (Wildman–Crippen MR) is 431 cm³/mol. The summed E-state index contributed by atoms with van der Waals surface area (Å²) in [6, 6.07) is 18.5. The van der Waals surface area contributed by atoms with Gasteiger partial charge in [0, 0.05) is 12.3 Å². The number of cyclic esters (lactones) is 2. The first-order valence-corrected chi connectivity index (χ1v) is 38.0. The van der Waals surface area contributed by atoms with E-state index in [1.807, 2.05) is 107 Å². The normalized spacial score (nSPS) is 17.7. The number of hydrogen-bond acceptors (Lipinski definition) is 8. The number of allylic oxidation sites excluding steroid dienone is 36. The fourth-order valence-corrected chi connectivity index (χ4v) is 10.6. The standard InChI is InChI=1S/C34H45NO3.C32H41NO3.C26H40O2/c1-4-6-7-8-9-10-11-12-13-14-15-16-17-18-19-20-21-23-26-30(5-2)33(36)35-29(3)32(38-34(35)37)31-27-24-22-25-28-31;1-3-4-5-6-7-8-9-10-11-12-13-14-15-16-17-18-19-20-24-27-30(34)33-28(2)31(36-32(33)35)29-25-22-21-23-26-29;1-4-7-8-9-10-11-12-13-14-15-16-17-18-19-20-21-22-23-24-25(5-2)26(27)28-6-3/h6-7,9-10,12-13,15-16,18-19,21-25,27-30,32H,4-5,8,11,14,17,20,26H2,1-3H3;4-5,7-8,10-11,13-14,16-17,19-23,25-26,28,31H,3,6,9,12,15,18,24,27H2,1-2H3;7-8,10-11,13-14,16-17,19-20,22-23,25H,4-6,9,12,15,18,21,24H2,1-3H3/b7-6-,10-9-,13-12-,16-15-,19-18-,23-21-;5-4-,8-7-,11-10-,14-13-,17-16-,20-19-;8-7-,11-10-,14-13-,17-16-,20-19-,23-22-/t29-,30+,32-;28-,31-;25-/m001/s1. The summed E-state index contributed by atoms with van der Waals surface area (Å²) in [5.41, 5.74) is 1.82. The second-order valence-electron chi connectivity index (χ2n) is 24.6. The zero-order valence-corrected chi connectivity index (χ0v) is 63.4. The third-order valence-corrected chi connectivity index (χ3v) is 16.4. The lowest BCUT2D eigenvalue weighted by molar-refractivity contribution is -0.148. The van der Waals surface area contributed by atoms with Crippen molar-refractivity contribution >= 4 is 30.0 Å². The van der Waals surface area contributed by atoms with E-state index in [4.69, 9.17) is 14.2 Å². The number of rotatable bonds is 47. The van der Waals surface area contributed by atoms with Gasteiger partial charge in [0.15, 0.2) is 0 Å². The molecule has 4 amide bonds. The molecule has 2 aliphatic heterocycles. The van der Waals surface area contributed by atoms with Crippen LogP contribution in [0.4, 0.5) is 9.59 Å². The quantitative estimate of drug-likeness (QED) is 0.0365. The molecule has 2 aromatic carbocycles. The highest BCUT2D eigenvalue weighted by Crippen LogP contribution is 2.35. The first-order valence-electron chi connectivity index (χ1n) is 38.0. The Kier molecular flexibility index (Phi) is 55.1. The molecule has 2 aromatic rings. The monoisotopic (exact) mass is 1390 g/mol. The van der Waals surface area contributed by atoms with Gasteiger partial charge in [0.1, 0.15) is 12.2 Å². The van der Waals surface area contributed by atoms with Crippen molar-refractivity contribution < 1.29 is 38.2 Å². The molecule has 6 atom stereocenters. The largest absolute Gasteiger partial charge is 0.466 e. The van der Waals surface area contributed by atoms with Gasteiger partial charge in [0.2, 0.25) is 11.8 Å². The highest BCUT2D eigenvalue weighted by molar-refractivity contribution is 5.95. The van der Waals surface area contributed by atoms with E-state index in [1.54, 1.807) is 0 Å². The van der Waals surface area contributed by atoms with Crippen LogP contribution in [0.5, 0.6) is 0 Å². The fourth-order valence-electron chi connectivity index (χ4n) is 10.6. The van der Waals surface area contributed by atoms with Crippen molar-refractivity contribution in [2.45, 2.75) is 234 Å². The molecule has 0 saturated carbocycles. The number of nitrogens with zero attached hydrogens (tertiary/aromatic N) is 2. The summed E-state index contributed by atoms with van der Waals surface area (Å²) in [4.78, 5) is 64.8. The van der Waals surface area contributed by atoms with Gasteiger partial charge in [0.05, 0.1) is 24.6 Å². The number of hydrogen-bond donors (Lipinski definition) is 0. The van der Waals surface area contributed by atoms with Crippen LogP contribution >= 0.6 is 0 Å². The Bertz CT molecular complexity index is 3140. The topological polar surface area (TPSA) is 120 Å². The van der Waals surface area contributed by atoms with Crippen molar-refractivity contribution in [2.75, 3.05) is 6.61 Å². The van der Waals surface area contributed by atoms with Gasteiger partial charge in [0.25, 0.3) is 0 Å². The minimum absolute atomic E-state index is 0.00967. The van der Waals surface area contributed by atoms with Crippen molar-refractivity contribution in [3.8, 4) is 0 Å². The molecule has 0 radical (unpaired) electrons. The van der Waals surface area contributed by atoms with E-state index < -0.39 is 24.4 Å². The zero-order valence-electron chi connectivity index (χ0n) is 63.4. The lowest BCUT2D eigenvalue weighted by Crippen LogP contribution is -2.41. The lowest BCUT2D eigenvalue weighted by atomic mass is 9.98. The Morgan fingerprint density at radius 3 is 0.922 bits per heavy atom. The number of imide groups is 2. The molecule has 2 aliphatic rings. The maximum atomic E-state index is 13.1. The van der Waals surface area contributed by atoms with Gasteiger partial charge in [-0.1, -0.05) is 314 Å². The molecule has 102 heavy (non-hydrogen) atoms. The van der Waals surface area contributed by atoms with Gasteiger partial charge >= 0.3 is 18.2 Å². The van der Waals surface area contributed by atoms with E-state index in [0.717, 1.165) is 140 Å². The van der Waals surface area contributed by atoms with Crippen LogP contribution in [0.3, 0.4) is 0 Å². The Morgan fingerprint density at radius 2 is 0.627 bits per heavy atom. The van der Waals surface area contributed by atoms with E-state index >= 15 is 0 Å². The third-order valence-electron chi connectivity index (χ3n) is 16.4. The summed E-state index contributed by atoms with van der Waals surface area (Å²) in [5.74, 6) is -0.661. The van der Waals surface area contributed by atoms with Gasteiger partial charge in [-0.25, -0.2) is 19.4 Å². The van der Waals surface area contributed by atoms with E-state index in [9.17, 15) is 24.0 Å². The smallest absolute Gasteiger partial charge is 0.417 e. The molecule has 2 saturated heterocycles. The average Bonchev–Trinajstić information content (AvgIpc) is 1.66. The molecule has 0 unspecified atom stereocenters.